The lowest BCUT2D eigenvalue weighted by molar-refractivity contribution is -0.697. The first-order valence-corrected chi connectivity index (χ1v) is 6.31. The number of nitrogens with one attached hydrogen (secondary N) is 1. The van der Waals surface area contributed by atoms with E-state index in [1.807, 2.05) is 0 Å². The normalized spacial score (nSPS) is 23.1. The minimum atomic E-state index is -1.52. The van der Waals surface area contributed by atoms with Crippen LogP contribution in [-0.2, 0) is 9.53 Å². The Morgan fingerprint density at radius 1 is 1.62 bits per heavy atom. The van der Waals surface area contributed by atoms with E-state index in [-0.39, 0.29) is 12.0 Å². The number of carbonyl (C=O) groups excluding carboxylic acids is 1. The lowest BCUT2D eigenvalue weighted by Crippen LogP contribution is -2.97. The maximum atomic E-state index is 11.0. The fourth-order valence-corrected chi connectivity index (χ4v) is 2.04. The lowest BCUT2D eigenvalue weighted by atomic mass is 10.2. The number of alkyl halides is 3. The van der Waals surface area contributed by atoms with Crippen molar-refractivity contribution in [3.8, 4) is 0 Å². The predicted molar refractivity (Wildman–Crippen MR) is 63.7 cm³/mol. The number of hydrogen-bond donors (Lipinski definition) is 2. The monoisotopic (exact) mass is 289 g/mol. The van der Waals surface area contributed by atoms with E-state index in [0.29, 0.717) is 6.54 Å². The average Bonchev–Trinajstić information content (AvgIpc) is 2.62. The number of rotatable bonds is 4. The Balaban J connectivity index is 2.40. The SMILES string of the molecule is CC(=O)NC([NH2+]CC1CCCO1)C(Cl)(Cl)Cl. The fraction of sp³-hybridized carbons (Fsp3) is 0.889. The van der Waals surface area contributed by atoms with Crippen LogP contribution in [0.5, 0.6) is 0 Å². The Morgan fingerprint density at radius 3 is 2.75 bits per heavy atom. The molecule has 3 N–H and O–H groups in total. The van der Waals surface area contributed by atoms with Crippen molar-refractivity contribution in [2.75, 3.05) is 13.2 Å². The van der Waals surface area contributed by atoms with Gasteiger partial charge in [-0.3, -0.25) is 4.79 Å². The Bertz CT molecular complexity index is 239. The molecule has 0 aromatic carbocycles. The first kappa shape index (κ1) is 14.3. The van der Waals surface area contributed by atoms with E-state index >= 15 is 0 Å². The van der Waals surface area contributed by atoms with E-state index < -0.39 is 9.96 Å². The van der Waals surface area contributed by atoms with Crippen LogP contribution in [0.4, 0.5) is 0 Å². The molecule has 0 aliphatic carbocycles. The number of quaternary nitrogens is 1. The molecule has 1 rings (SSSR count). The maximum absolute atomic E-state index is 11.0. The number of hydrogen-bond acceptors (Lipinski definition) is 2. The predicted octanol–water partition coefficient (Wildman–Crippen LogP) is 0.561. The smallest absolute Gasteiger partial charge is 0.262 e. The molecule has 1 heterocycles. The quantitative estimate of drug-likeness (QED) is 0.587. The van der Waals surface area contributed by atoms with Crippen LogP contribution in [0, 0.1) is 0 Å². The molecule has 0 aromatic heterocycles. The van der Waals surface area contributed by atoms with Crippen LogP contribution in [-0.4, -0.2) is 35.1 Å². The van der Waals surface area contributed by atoms with Crippen molar-refractivity contribution in [3.05, 3.63) is 0 Å². The van der Waals surface area contributed by atoms with Crippen molar-refractivity contribution in [2.45, 2.75) is 35.8 Å². The minimum absolute atomic E-state index is 0.184. The summed E-state index contributed by atoms with van der Waals surface area (Å²) in [6, 6.07) is 0. The molecule has 1 amide bonds. The largest absolute Gasteiger partial charge is 0.372 e. The van der Waals surface area contributed by atoms with Crippen molar-refractivity contribution in [3.63, 3.8) is 0 Å². The third kappa shape index (κ3) is 5.06. The Morgan fingerprint density at radius 2 is 2.31 bits per heavy atom. The van der Waals surface area contributed by atoms with Gasteiger partial charge < -0.3 is 15.4 Å². The Labute approximate surface area is 110 Å². The summed E-state index contributed by atoms with van der Waals surface area (Å²) in [4.78, 5) is 11.0. The first-order valence-electron chi connectivity index (χ1n) is 5.18. The molecule has 0 radical (unpaired) electrons. The molecule has 4 nitrogen and oxygen atoms in total. The van der Waals surface area contributed by atoms with Gasteiger partial charge in [0.05, 0.1) is 0 Å². The molecule has 2 unspecified atom stereocenters. The van der Waals surface area contributed by atoms with E-state index in [1.54, 1.807) is 5.32 Å². The molecule has 94 valence electrons. The van der Waals surface area contributed by atoms with Crippen LogP contribution < -0.4 is 10.6 Å². The van der Waals surface area contributed by atoms with E-state index in [2.05, 4.69) is 5.32 Å². The van der Waals surface area contributed by atoms with Gasteiger partial charge in [0.15, 0.2) is 0 Å². The van der Waals surface area contributed by atoms with Gasteiger partial charge in [-0.1, -0.05) is 34.8 Å². The van der Waals surface area contributed by atoms with Crippen LogP contribution >= 0.6 is 34.8 Å². The van der Waals surface area contributed by atoms with Gasteiger partial charge in [-0.15, -0.1) is 0 Å². The fourth-order valence-electron chi connectivity index (χ4n) is 1.61. The van der Waals surface area contributed by atoms with Gasteiger partial charge in [-0.25, -0.2) is 0 Å². The van der Waals surface area contributed by atoms with E-state index in [0.717, 1.165) is 19.4 Å². The minimum Gasteiger partial charge on any atom is -0.372 e. The molecular formula is C9H16Cl3N2O2+. The number of halogens is 3. The van der Waals surface area contributed by atoms with Gasteiger partial charge in [0.1, 0.15) is 12.6 Å². The molecule has 1 saturated heterocycles. The third-order valence-electron chi connectivity index (χ3n) is 2.37. The Hall–Kier alpha value is 0.260. The zero-order valence-corrected chi connectivity index (χ0v) is 11.3. The average molecular weight is 291 g/mol. The second-order valence-electron chi connectivity index (χ2n) is 3.83. The van der Waals surface area contributed by atoms with Crippen LogP contribution in [0.1, 0.15) is 19.8 Å². The second-order valence-corrected chi connectivity index (χ2v) is 6.20. The molecule has 0 bridgehead atoms. The number of carbonyl (C=O) groups is 1. The molecule has 1 aliphatic heterocycles. The summed E-state index contributed by atoms with van der Waals surface area (Å²) in [7, 11) is 0. The van der Waals surface area contributed by atoms with Crippen molar-refractivity contribution in [1.29, 1.82) is 0 Å². The molecule has 1 fully saturated rings. The van der Waals surface area contributed by atoms with Gasteiger partial charge in [-0.05, 0) is 12.8 Å². The molecule has 0 saturated carbocycles. The maximum Gasteiger partial charge on any atom is 0.262 e. The molecule has 16 heavy (non-hydrogen) atoms. The summed E-state index contributed by atoms with van der Waals surface area (Å²) in [5.74, 6) is -0.222. The highest BCUT2D eigenvalue weighted by Gasteiger charge is 2.37. The summed E-state index contributed by atoms with van der Waals surface area (Å²) >= 11 is 17.3. The second kappa shape index (κ2) is 6.26. The number of amides is 1. The van der Waals surface area contributed by atoms with E-state index in [1.165, 1.54) is 6.92 Å². The summed E-state index contributed by atoms with van der Waals surface area (Å²) in [5, 5.41) is 4.39. The zero-order chi connectivity index (χ0) is 12.2. The molecule has 0 aromatic rings. The van der Waals surface area contributed by atoms with Crippen LogP contribution in [0.2, 0.25) is 0 Å². The van der Waals surface area contributed by atoms with Crippen LogP contribution in [0.3, 0.4) is 0 Å². The highest BCUT2D eigenvalue weighted by atomic mass is 35.6. The van der Waals surface area contributed by atoms with Gasteiger partial charge in [0.25, 0.3) is 3.79 Å². The van der Waals surface area contributed by atoms with E-state index in [4.69, 9.17) is 39.5 Å². The lowest BCUT2D eigenvalue weighted by Gasteiger charge is -2.23. The van der Waals surface area contributed by atoms with Crippen molar-refractivity contribution in [1.82, 2.24) is 5.32 Å². The molecule has 0 spiro atoms. The van der Waals surface area contributed by atoms with Crippen molar-refractivity contribution < 1.29 is 14.8 Å². The number of ether oxygens (including phenoxy) is 1. The van der Waals surface area contributed by atoms with E-state index in [9.17, 15) is 4.79 Å². The summed E-state index contributed by atoms with van der Waals surface area (Å²) < 4.78 is 3.92. The van der Waals surface area contributed by atoms with Crippen molar-refractivity contribution in [2.24, 2.45) is 0 Å². The number of nitrogens with two attached hydrogens (primary N) is 1. The summed E-state index contributed by atoms with van der Waals surface area (Å²) in [5.41, 5.74) is 0. The zero-order valence-electron chi connectivity index (χ0n) is 9.01. The molecular weight excluding hydrogens is 274 g/mol. The van der Waals surface area contributed by atoms with Crippen LogP contribution in [0.15, 0.2) is 0 Å². The highest BCUT2D eigenvalue weighted by molar-refractivity contribution is 6.68. The highest BCUT2D eigenvalue weighted by Crippen LogP contribution is 2.27. The molecule has 7 heteroatoms. The molecule has 1 aliphatic rings. The van der Waals surface area contributed by atoms with Crippen molar-refractivity contribution >= 4 is 40.7 Å². The third-order valence-corrected chi connectivity index (χ3v) is 3.08. The summed E-state index contributed by atoms with van der Waals surface area (Å²) in [6.07, 6.45) is 1.68. The first-order chi connectivity index (χ1) is 7.39. The van der Waals surface area contributed by atoms with Gasteiger partial charge in [0, 0.05) is 13.5 Å². The van der Waals surface area contributed by atoms with Gasteiger partial charge >= 0.3 is 0 Å². The van der Waals surface area contributed by atoms with Gasteiger partial charge in [-0.2, -0.15) is 0 Å². The Kier molecular flexibility index (Phi) is 5.61. The van der Waals surface area contributed by atoms with Gasteiger partial charge in [0.2, 0.25) is 12.1 Å². The summed E-state index contributed by atoms with van der Waals surface area (Å²) in [6.45, 7) is 2.86. The molecule has 2 atom stereocenters. The topological polar surface area (TPSA) is 54.9 Å². The van der Waals surface area contributed by atoms with Crippen LogP contribution in [0.25, 0.3) is 0 Å². The standard InChI is InChI=1S/C9H15Cl3N2O2/c1-6(15)14-8(9(10,11)12)13-5-7-3-2-4-16-7/h7-8,13H,2-5H2,1H3,(H,14,15)/p+1.